The number of benzene rings is 4. The zero-order chi connectivity index (χ0) is 43.6. The van der Waals surface area contributed by atoms with Crippen LogP contribution in [0.2, 0.25) is 0 Å². The van der Waals surface area contributed by atoms with Gasteiger partial charge in [-0.25, -0.2) is 8.42 Å². The summed E-state index contributed by atoms with van der Waals surface area (Å²) in [6.07, 6.45) is 24.8. The molecule has 13 heteroatoms. The van der Waals surface area contributed by atoms with Crippen LogP contribution in [0.3, 0.4) is 0 Å². The number of phenols is 1. The molecule has 0 spiro atoms. The Labute approximate surface area is 396 Å². The fourth-order valence-corrected chi connectivity index (χ4v) is 8.08. The summed E-state index contributed by atoms with van der Waals surface area (Å²) < 4.78 is 78.3. The van der Waals surface area contributed by atoms with Crippen LogP contribution in [0.1, 0.15) is 153 Å². The third-order valence-corrected chi connectivity index (χ3v) is 12.0. The van der Waals surface area contributed by atoms with Crippen molar-refractivity contribution in [3.8, 4) is 34.5 Å². The smallest absolute Gasteiger partial charge is 0.870 e. The number of phenolic OH excluding ortho intramolecular Hbond substituents is 1. The number of hydrogen-bond donors (Lipinski definition) is 2. The molecule has 0 amide bonds. The Bertz CT molecular complexity index is 1880. The predicted molar refractivity (Wildman–Crippen MR) is 242 cm³/mol. The van der Waals surface area contributed by atoms with Crippen LogP contribution >= 0.6 is 0 Å². The number of aromatic hydroxyl groups is 1. The molecule has 0 saturated carbocycles. The van der Waals surface area contributed by atoms with Crippen molar-refractivity contribution in [2.24, 2.45) is 0 Å². The molecule has 2 N–H and O–H groups in total. The van der Waals surface area contributed by atoms with Gasteiger partial charge in [0.1, 0.15) is 27.4 Å². The van der Waals surface area contributed by atoms with Crippen LogP contribution in [0, 0.1) is 0 Å². The van der Waals surface area contributed by atoms with Crippen molar-refractivity contribution in [2.75, 3.05) is 0 Å². The minimum atomic E-state index is -4.70. The van der Waals surface area contributed by atoms with Crippen molar-refractivity contribution in [1.82, 2.24) is 0 Å². The minimum absolute atomic E-state index is 0. The number of rotatable bonds is 28. The second-order valence-corrected chi connectivity index (χ2v) is 18.3. The van der Waals surface area contributed by atoms with E-state index in [1.165, 1.54) is 102 Å². The van der Waals surface area contributed by atoms with E-state index in [2.05, 4.69) is 13.8 Å². The summed E-state index contributed by atoms with van der Waals surface area (Å²) in [6.45, 7) is 4.44. The van der Waals surface area contributed by atoms with Gasteiger partial charge in [-0.15, -0.1) is 0 Å². The predicted octanol–water partition coefficient (Wildman–Crippen LogP) is 12.4. The first-order valence-electron chi connectivity index (χ1n) is 21.9. The van der Waals surface area contributed by atoms with Crippen molar-refractivity contribution in [2.45, 2.75) is 165 Å². The summed E-state index contributed by atoms with van der Waals surface area (Å²) in [6, 6.07) is 22.4. The second-order valence-electron chi connectivity index (χ2n) is 15.5. The molecule has 61 heavy (non-hydrogen) atoms. The van der Waals surface area contributed by atoms with Crippen molar-refractivity contribution in [3.05, 3.63) is 96.1 Å². The third kappa shape index (κ3) is 21.9. The average molecular weight is 907 g/mol. The number of ether oxygens (including phenoxy) is 2. The summed E-state index contributed by atoms with van der Waals surface area (Å²) >= 11 is 0. The molecule has 0 heterocycles. The molecule has 10 nitrogen and oxygen atoms in total. The van der Waals surface area contributed by atoms with E-state index < -0.39 is 30.9 Å². The zero-order valence-corrected chi connectivity index (χ0v) is 40.2. The summed E-state index contributed by atoms with van der Waals surface area (Å²) in [5.41, 5.74) is 1.05. The second kappa shape index (κ2) is 30.3. The molecule has 0 aromatic heterocycles. The molecule has 0 aliphatic carbocycles. The van der Waals surface area contributed by atoms with Crippen LogP contribution < -0.4 is 14.6 Å². The molecule has 0 bridgehead atoms. The molecule has 332 valence electrons. The first-order valence-corrected chi connectivity index (χ1v) is 24.8. The Morgan fingerprint density at radius 2 is 0.869 bits per heavy atom. The van der Waals surface area contributed by atoms with Crippen LogP contribution in [0.5, 0.6) is 34.5 Å². The van der Waals surface area contributed by atoms with Gasteiger partial charge in [-0.3, -0.25) is 4.55 Å². The van der Waals surface area contributed by atoms with Crippen molar-refractivity contribution in [3.63, 3.8) is 0 Å². The van der Waals surface area contributed by atoms with Crippen molar-refractivity contribution >= 4 is 58.0 Å². The maximum absolute atomic E-state index is 12.5. The van der Waals surface area contributed by atoms with E-state index in [1.54, 1.807) is 36.4 Å². The first kappa shape index (κ1) is 54.3. The van der Waals surface area contributed by atoms with Gasteiger partial charge >= 0.3 is 37.7 Å². The summed E-state index contributed by atoms with van der Waals surface area (Å²) in [4.78, 5) is -0.808. The van der Waals surface area contributed by atoms with E-state index in [0.29, 0.717) is 35.5 Å². The fourth-order valence-electron chi connectivity index (χ4n) is 6.99. The first-order chi connectivity index (χ1) is 28.8. The van der Waals surface area contributed by atoms with Crippen LogP contribution in [0.15, 0.2) is 94.7 Å². The SMILES string of the molecule is CCCCCCCCCCCCc1cc(S(=O)(=O)O)cc(O)c1Oc1ccccc1.CCCCCCCCCCCCc1cc(S(=O)(=O)[O-])cc([O-])c1Oc1ccccc1.[Ca+2]. The number of hydrogen-bond acceptors (Lipinski definition) is 9. The average Bonchev–Trinajstić information content (AvgIpc) is 3.21. The molecule has 0 radical (unpaired) electrons. The molecule has 4 aromatic rings. The van der Waals surface area contributed by atoms with Crippen LogP contribution in [0.25, 0.3) is 0 Å². The maximum atomic E-state index is 12.5. The van der Waals surface area contributed by atoms with Gasteiger partial charge in [0.15, 0.2) is 11.5 Å². The number of aryl methyl sites for hydroxylation is 2. The molecule has 0 atom stereocenters. The van der Waals surface area contributed by atoms with Gasteiger partial charge in [-0.1, -0.05) is 172 Å². The number of para-hydroxylation sites is 2. The summed E-state index contributed by atoms with van der Waals surface area (Å²) in [7, 11) is -9.10. The molecular weight excluding hydrogens is 841 g/mol. The quantitative estimate of drug-likeness (QED) is 0.0317. The van der Waals surface area contributed by atoms with Gasteiger partial charge in [-0.2, -0.15) is 8.42 Å². The monoisotopic (exact) mass is 906 g/mol. The topological polar surface area (TPSA) is 173 Å². The van der Waals surface area contributed by atoms with Gasteiger partial charge in [0.25, 0.3) is 10.1 Å². The maximum Gasteiger partial charge on any atom is 2.00 e. The Balaban J connectivity index is 0.000000413. The minimum Gasteiger partial charge on any atom is -0.870 e. The fraction of sp³-hybridized carbons (Fsp3) is 0.500. The normalized spacial score (nSPS) is 11.3. The molecule has 0 unspecified atom stereocenters. The summed E-state index contributed by atoms with van der Waals surface area (Å²) in [5, 5.41) is 22.8. The molecule has 0 aliphatic heterocycles. The van der Waals surface area contributed by atoms with Gasteiger partial charge in [0.05, 0.1) is 9.79 Å². The van der Waals surface area contributed by atoms with Gasteiger partial charge in [0, 0.05) is 11.6 Å². The van der Waals surface area contributed by atoms with Gasteiger partial charge in [-0.05, 0) is 73.7 Å². The van der Waals surface area contributed by atoms with E-state index in [9.17, 15) is 36.2 Å². The molecule has 4 rings (SSSR count). The molecule has 0 aliphatic rings. The molecule has 0 fully saturated rings. The van der Waals surface area contributed by atoms with E-state index in [1.807, 2.05) is 24.3 Å². The van der Waals surface area contributed by atoms with Crippen molar-refractivity contribution < 1.29 is 45.6 Å². The Kier molecular flexibility index (Phi) is 27.0. The molecule has 0 saturated heterocycles. The Morgan fingerprint density at radius 1 is 0.508 bits per heavy atom. The van der Waals surface area contributed by atoms with Crippen molar-refractivity contribution in [1.29, 1.82) is 0 Å². The van der Waals surface area contributed by atoms with Crippen LogP contribution in [-0.2, 0) is 33.1 Å². The Morgan fingerprint density at radius 3 is 1.26 bits per heavy atom. The summed E-state index contributed by atoms with van der Waals surface area (Å²) in [5.74, 6) is 0.511. The van der Waals surface area contributed by atoms with Gasteiger partial charge in [0.2, 0.25) is 0 Å². The Hall–Kier alpha value is -2.84. The van der Waals surface area contributed by atoms with Crippen LogP contribution in [0.4, 0.5) is 0 Å². The van der Waals surface area contributed by atoms with Gasteiger partial charge < -0.3 is 24.2 Å². The zero-order valence-electron chi connectivity index (χ0n) is 36.3. The number of unbranched alkanes of at least 4 members (excludes halogenated alkanes) is 18. The van der Waals surface area contributed by atoms with E-state index in [4.69, 9.17) is 9.47 Å². The standard InChI is InChI=1S/2C24H34O5S.Ca/c2*1-2-3-4-5-6-7-8-9-10-12-15-20-18-22(30(26,27)28)19-23(25)24(20)29-21-16-13-11-14-17-21;/h2*11,13-14,16-19,25H,2-10,12,15H2,1H3,(H,26,27,28);/q;;+2/p-2. The third-order valence-electron chi connectivity index (χ3n) is 10.3. The van der Waals surface area contributed by atoms with Crippen LogP contribution in [-0.4, -0.2) is 68.8 Å². The molecule has 4 aromatic carbocycles. The van der Waals surface area contributed by atoms with E-state index in [0.717, 1.165) is 50.7 Å². The largest absolute Gasteiger partial charge is 2.00 e. The molecular formula is C48H66CaO10S2. The van der Waals surface area contributed by atoms with E-state index in [-0.39, 0.29) is 59.9 Å². The van der Waals surface area contributed by atoms with E-state index >= 15 is 0 Å².